The lowest BCUT2D eigenvalue weighted by Gasteiger charge is -2.28. The first-order valence-corrected chi connectivity index (χ1v) is 7.20. The predicted octanol–water partition coefficient (Wildman–Crippen LogP) is 1.06. The average Bonchev–Trinajstić information content (AvgIpc) is 2.58. The molecule has 1 aliphatic rings. The van der Waals surface area contributed by atoms with Crippen molar-refractivity contribution in [2.75, 3.05) is 33.7 Å². The van der Waals surface area contributed by atoms with Crippen LogP contribution in [0.3, 0.4) is 0 Å². The van der Waals surface area contributed by atoms with Crippen LogP contribution in [-0.4, -0.2) is 53.5 Å². The van der Waals surface area contributed by atoms with Gasteiger partial charge in [0.05, 0.1) is 23.5 Å². The summed E-state index contributed by atoms with van der Waals surface area (Å²) >= 11 is 6.26. The van der Waals surface area contributed by atoms with Gasteiger partial charge in [-0.2, -0.15) is 5.10 Å². The van der Waals surface area contributed by atoms with E-state index in [4.69, 9.17) is 11.6 Å². The van der Waals surface area contributed by atoms with Gasteiger partial charge < -0.3 is 15.3 Å². The van der Waals surface area contributed by atoms with Crippen molar-refractivity contribution in [3.63, 3.8) is 0 Å². The quantitative estimate of drug-likeness (QED) is 0.869. The average molecular weight is 287 g/mol. The van der Waals surface area contributed by atoms with E-state index in [2.05, 4.69) is 15.3 Å². The molecule has 5 nitrogen and oxygen atoms in total. The highest BCUT2D eigenvalue weighted by Gasteiger charge is 2.35. The Balaban J connectivity index is 2.23. The molecule has 1 aromatic heterocycles. The van der Waals surface area contributed by atoms with Gasteiger partial charge in [0.2, 0.25) is 0 Å². The third kappa shape index (κ3) is 3.48. The van der Waals surface area contributed by atoms with Crippen LogP contribution in [0.25, 0.3) is 0 Å². The molecular formula is C13H23ClN4O. The Kier molecular flexibility index (Phi) is 4.84. The van der Waals surface area contributed by atoms with Gasteiger partial charge in [0, 0.05) is 6.54 Å². The van der Waals surface area contributed by atoms with Crippen LogP contribution in [0.5, 0.6) is 0 Å². The van der Waals surface area contributed by atoms with E-state index in [0.29, 0.717) is 11.4 Å². The van der Waals surface area contributed by atoms with Gasteiger partial charge in [-0.15, -0.1) is 0 Å². The molecule has 2 N–H and O–H groups in total. The fourth-order valence-electron chi connectivity index (χ4n) is 2.58. The second kappa shape index (κ2) is 6.22. The molecule has 1 saturated heterocycles. The largest absolute Gasteiger partial charge is 0.383 e. The maximum Gasteiger partial charge on any atom is 0.109 e. The summed E-state index contributed by atoms with van der Waals surface area (Å²) in [5, 5.41) is 19.1. The van der Waals surface area contributed by atoms with Crippen molar-refractivity contribution in [2.24, 2.45) is 0 Å². The fraction of sp³-hybridized carbons (Fsp3) is 0.769. The lowest BCUT2D eigenvalue weighted by molar-refractivity contribution is 0.0149. The molecular weight excluding hydrogens is 264 g/mol. The predicted molar refractivity (Wildman–Crippen MR) is 76.4 cm³/mol. The summed E-state index contributed by atoms with van der Waals surface area (Å²) < 4.78 is 1.85. The Morgan fingerprint density at radius 1 is 1.47 bits per heavy atom. The fourth-order valence-corrected chi connectivity index (χ4v) is 2.89. The summed E-state index contributed by atoms with van der Waals surface area (Å²) in [5.41, 5.74) is -0.0802. The van der Waals surface area contributed by atoms with Crippen LogP contribution in [0.4, 0.5) is 0 Å². The van der Waals surface area contributed by atoms with Crippen LogP contribution in [0.1, 0.15) is 25.0 Å². The number of rotatable bonds is 4. The number of aromatic nitrogens is 2. The molecule has 1 atom stereocenters. The van der Waals surface area contributed by atoms with Gasteiger partial charge in [0.15, 0.2) is 0 Å². The van der Waals surface area contributed by atoms with Crippen molar-refractivity contribution in [2.45, 2.75) is 31.4 Å². The number of hydrogen-bond acceptors (Lipinski definition) is 4. The molecule has 0 spiro atoms. The number of hydrogen-bond donors (Lipinski definition) is 2. The summed E-state index contributed by atoms with van der Waals surface area (Å²) in [6.07, 6.45) is 4.00. The van der Waals surface area contributed by atoms with E-state index in [1.54, 1.807) is 6.20 Å². The maximum absolute atomic E-state index is 10.9. The standard InChI is InChI=1S/C13H23ClN4O/c1-17(2)8-9-18-12(11(14)10-16-18)13(19)4-3-6-15-7-5-13/h10,15,19H,3-9H2,1-2H3. The number of nitrogens with zero attached hydrogens (tertiary/aromatic N) is 3. The van der Waals surface area contributed by atoms with Gasteiger partial charge in [-0.1, -0.05) is 11.6 Å². The summed E-state index contributed by atoms with van der Waals surface area (Å²) in [4.78, 5) is 2.10. The number of halogens is 1. The van der Waals surface area contributed by atoms with E-state index in [1.165, 1.54) is 0 Å². The van der Waals surface area contributed by atoms with Crippen molar-refractivity contribution in [1.29, 1.82) is 0 Å². The van der Waals surface area contributed by atoms with E-state index >= 15 is 0 Å². The van der Waals surface area contributed by atoms with Gasteiger partial charge in [0.25, 0.3) is 0 Å². The highest BCUT2D eigenvalue weighted by molar-refractivity contribution is 6.31. The molecule has 0 amide bonds. The summed E-state index contributed by atoms with van der Waals surface area (Å²) in [6.45, 7) is 3.38. The molecule has 0 aliphatic carbocycles. The second-order valence-electron chi connectivity index (χ2n) is 5.50. The zero-order chi connectivity index (χ0) is 13.9. The molecule has 1 aromatic rings. The van der Waals surface area contributed by atoms with Gasteiger partial charge in [0.1, 0.15) is 5.60 Å². The SMILES string of the molecule is CN(C)CCn1ncc(Cl)c1C1(O)CCCNCC1. The summed E-state index contributed by atoms with van der Waals surface area (Å²) in [7, 11) is 4.05. The summed E-state index contributed by atoms with van der Waals surface area (Å²) in [6, 6.07) is 0. The highest BCUT2D eigenvalue weighted by atomic mass is 35.5. The lowest BCUT2D eigenvalue weighted by Crippen LogP contribution is -2.32. The molecule has 19 heavy (non-hydrogen) atoms. The molecule has 1 aliphatic heterocycles. The Morgan fingerprint density at radius 2 is 2.26 bits per heavy atom. The number of aliphatic hydroxyl groups is 1. The van der Waals surface area contributed by atoms with Crippen LogP contribution < -0.4 is 5.32 Å². The minimum atomic E-state index is -0.858. The maximum atomic E-state index is 10.9. The molecule has 0 saturated carbocycles. The van der Waals surface area contributed by atoms with Crippen LogP contribution in [-0.2, 0) is 12.1 Å². The third-order valence-electron chi connectivity index (χ3n) is 3.65. The van der Waals surface area contributed by atoms with E-state index in [1.807, 2.05) is 18.8 Å². The molecule has 0 radical (unpaired) electrons. The molecule has 1 fully saturated rings. The topological polar surface area (TPSA) is 53.3 Å². The van der Waals surface area contributed by atoms with E-state index in [-0.39, 0.29) is 0 Å². The zero-order valence-corrected chi connectivity index (χ0v) is 12.4. The molecule has 6 heteroatoms. The molecule has 1 unspecified atom stereocenters. The van der Waals surface area contributed by atoms with Crippen molar-refractivity contribution >= 4 is 11.6 Å². The first kappa shape index (κ1) is 14.8. The molecule has 108 valence electrons. The Hall–Kier alpha value is -0.620. The normalized spacial score (nSPS) is 24.7. The first-order chi connectivity index (χ1) is 9.03. The monoisotopic (exact) mass is 286 g/mol. The summed E-state index contributed by atoms with van der Waals surface area (Å²) in [5.74, 6) is 0. The van der Waals surface area contributed by atoms with Crippen molar-refractivity contribution < 1.29 is 5.11 Å². The second-order valence-corrected chi connectivity index (χ2v) is 5.91. The van der Waals surface area contributed by atoms with Gasteiger partial charge >= 0.3 is 0 Å². The van der Waals surface area contributed by atoms with Crippen LogP contribution >= 0.6 is 11.6 Å². The molecule has 2 heterocycles. The Labute approximate surface area is 119 Å². The van der Waals surface area contributed by atoms with E-state index in [9.17, 15) is 5.11 Å². The Bertz CT molecular complexity index is 411. The van der Waals surface area contributed by atoms with Crippen molar-refractivity contribution in [3.05, 3.63) is 16.9 Å². The lowest BCUT2D eigenvalue weighted by atomic mass is 9.91. The molecule has 2 rings (SSSR count). The van der Waals surface area contributed by atoms with Crippen molar-refractivity contribution in [1.82, 2.24) is 20.0 Å². The van der Waals surface area contributed by atoms with Crippen LogP contribution in [0.15, 0.2) is 6.20 Å². The van der Waals surface area contributed by atoms with Gasteiger partial charge in [-0.25, -0.2) is 0 Å². The number of likely N-dealkylation sites (N-methyl/N-ethyl adjacent to an activating group) is 1. The van der Waals surface area contributed by atoms with Crippen LogP contribution in [0, 0.1) is 0 Å². The molecule has 0 aromatic carbocycles. The van der Waals surface area contributed by atoms with Crippen molar-refractivity contribution in [3.8, 4) is 0 Å². The molecule has 0 bridgehead atoms. The minimum absolute atomic E-state index is 0.572. The van der Waals surface area contributed by atoms with Crippen LogP contribution in [0.2, 0.25) is 5.02 Å². The zero-order valence-electron chi connectivity index (χ0n) is 11.7. The Morgan fingerprint density at radius 3 is 3.00 bits per heavy atom. The highest BCUT2D eigenvalue weighted by Crippen LogP contribution is 2.35. The van der Waals surface area contributed by atoms with Gasteiger partial charge in [-0.05, 0) is 46.4 Å². The minimum Gasteiger partial charge on any atom is -0.383 e. The van der Waals surface area contributed by atoms with Gasteiger partial charge in [-0.3, -0.25) is 4.68 Å². The third-order valence-corrected chi connectivity index (χ3v) is 3.93. The van der Waals surface area contributed by atoms with E-state index < -0.39 is 5.60 Å². The van der Waals surface area contributed by atoms with E-state index in [0.717, 1.165) is 44.7 Å². The smallest absolute Gasteiger partial charge is 0.109 e. The number of nitrogens with one attached hydrogen (secondary N) is 1. The first-order valence-electron chi connectivity index (χ1n) is 6.82.